The number of tetrazole rings is 1. The van der Waals surface area contributed by atoms with Crippen LogP contribution in [0.5, 0.6) is 0 Å². The number of aryl methyl sites for hydroxylation is 1. The normalized spacial score (nSPS) is 16.6. The van der Waals surface area contributed by atoms with Gasteiger partial charge in [-0.15, -0.1) is 5.10 Å². The molecule has 0 spiro atoms. The van der Waals surface area contributed by atoms with Crippen LogP contribution in [0, 0.1) is 0 Å². The van der Waals surface area contributed by atoms with Gasteiger partial charge >= 0.3 is 0 Å². The third-order valence-electron chi connectivity index (χ3n) is 5.14. The van der Waals surface area contributed by atoms with Crippen LogP contribution < -0.4 is 0 Å². The molecular weight excluding hydrogens is 318 g/mol. The van der Waals surface area contributed by atoms with Crippen molar-refractivity contribution in [2.24, 2.45) is 0 Å². The molecule has 3 rings (SSSR count). The molecule has 1 amide bonds. The summed E-state index contributed by atoms with van der Waals surface area (Å²) in [4.78, 5) is 26.7. The molecule has 2 aromatic rings. The first kappa shape index (κ1) is 17.3. The lowest BCUT2D eigenvalue weighted by Crippen LogP contribution is -2.48. The molecule has 1 aliphatic rings. The molecule has 25 heavy (non-hydrogen) atoms. The van der Waals surface area contributed by atoms with E-state index in [1.165, 1.54) is 0 Å². The molecule has 1 fully saturated rings. The van der Waals surface area contributed by atoms with Gasteiger partial charge in [-0.05, 0) is 42.2 Å². The third-order valence-corrected chi connectivity index (χ3v) is 5.14. The van der Waals surface area contributed by atoms with Crippen LogP contribution in [0.4, 0.5) is 0 Å². The molecule has 7 heteroatoms. The van der Waals surface area contributed by atoms with Gasteiger partial charge in [0.15, 0.2) is 0 Å². The van der Waals surface area contributed by atoms with Crippen LogP contribution in [-0.4, -0.2) is 49.9 Å². The predicted octanol–water partition coefficient (Wildman–Crippen LogP) is 1.60. The Morgan fingerprint density at radius 1 is 1.16 bits per heavy atom. The van der Waals surface area contributed by atoms with E-state index in [0.29, 0.717) is 45.3 Å². The minimum Gasteiger partial charge on any atom is -0.343 e. The van der Waals surface area contributed by atoms with E-state index >= 15 is 0 Å². The van der Waals surface area contributed by atoms with Crippen molar-refractivity contribution in [3.8, 4) is 0 Å². The number of Topliss-reactive ketones (excluding diaryl/α,β-unsaturated/α-hetero) is 1. The van der Waals surface area contributed by atoms with Gasteiger partial charge < -0.3 is 4.90 Å². The van der Waals surface area contributed by atoms with Gasteiger partial charge in [0, 0.05) is 26.1 Å². The number of carbonyl (C=O) groups excluding carboxylic acids is 2. The standard InChI is InChI=1S/C18H23N5O2/c1-15(24)18(16-6-3-2-4-7-16)9-12-22(13-10-18)17(25)8-5-11-23-14-19-20-21-23/h2-4,6-7,14H,5,8-13H2,1H3. The minimum absolute atomic E-state index is 0.137. The Bertz CT molecular complexity index is 706. The second-order valence-corrected chi connectivity index (χ2v) is 6.56. The molecule has 1 aliphatic heterocycles. The average molecular weight is 341 g/mol. The Balaban J connectivity index is 1.56. The van der Waals surface area contributed by atoms with Crippen LogP contribution >= 0.6 is 0 Å². The summed E-state index contributed by atoms with van der Waals surface area (Å²) in [5.41, 5.74) is 0.609. The molecule has 1 aromatic carbocycles. The van der Waals surface area contributed by atoms with Gasteiger partial charge in [-0.3, -0.25) is 9.59 Å². The second kappa shape index (κ2) is 7.55. The van der Waals surface area contributed by atoms with Crippen molar-refractivity contribution >= 4 is 11.7 Å². The molecule has 1 aromatic heterocycles. The molecule has 0 radical (unpaired) electrons. The zero-order valence-electron chi connectivity index (χ0n) is 14.5. The Kier molecular flexibility index (Phi) is 5.21. The average Bonchev–Trinajstić information content (AvgIpc) is 3.15. The summed E-state index contributed by atoms with van der Waals surface area (Å²) < 4.78 is 1.62. The summed E-state index contributed by atoms with van der Waals surface area (Å²) in [5, 5.41) is 10.9. The van der Waals surface area contributed by atoms with Crippen LogP contribution in [0.3, 0.4) is 0 Å². The SMILES string of the molecule is CC(=O)C1(c2ccccc2)CCN(C(=O)CCCn2cnnn2)CC1. The van der Waals surface area contributed by atoms with Crippen LogP contribution in [0.2, 0.25) is 0 Å². The lowest BCUT2D eigenvalue weighted by atomic mass is 9.70. The Labute approximate surface area is 147 Å². The highest BCUT2D eigenvalue weighted by molar-refractivity contribution is 5.88. The van der Waals surface area contributed by atoms with Crippen LogP contribution in [-0.2, 0) is 21.5 Å². The Morgan fingerprint density at radius 3 is 2.48 bits per heavy atom. The third kappa shape index (κ3) is 3.75. The summed E-state index contributed by atoms with van der Waals surface area (Å²) in [5.74, 6) is 0.322. The number of hydrogen-bond acceptors (Lipinski definition) is 5. The number of rotatable bonds is 6. The van der Waals surface area contributed by atoms with E-state index in [2.05, 4.69) is 15.5 Å². The quantitative estimate of drug-likeness (QED) is 0.797. The number of piperidine rings is 1. The lowest BCUT2D eigenvalue weighted by molar-refractivity contribution is -0.135. The summed E-state index contributed by atoms with van der Waals surface area (Å²) in [6.45, 7) is 3.54. The van der Waals surface area contributed by atoms with E-state index in [1.54, 1.807) is 17.9 Å². The van der Waals surface area contributed by atoms with Crippen LogP contribution in [0.15, 0.2) is 36.7 Å². The van der Waals surface area contributed by atoms with E-state index in [1.807, 2.05) is 35.2 Å². The number of aromatic nitrogens is 4. The van der Waals surface area contributed by atoms with Crippen molar-refractivity contribution in [3.05, 3.63) is 42.2 Å². The number of likely N-dealkylation sites (tertiary alicyclic amines) is 1. The molecule has 0 atom stereocenters. The number of benzene rings is 1. The highest BCUT2D eigenvalue weighted by Gasteiger charge is 2.41. The maximum Gasteiger partial charge on any atom is 0.222 e. The summed E-state index contributed by atoms with van der Waals surface area (Å²) in [6.07, 6.45) is 4.10. The summed E-state index contributed by atoms with van der Waals surface area (Å²) in [6, 6.07) is 9.93. The van der Waals surface area contributed by atoms with Crippen molar-refractivity contribution in [2.45, 2.75) is 44.6 Å². The highest BCUT2D eigenvalue weighted by atomic mass is 16.2. The van der Waals surface area contributed by atoms with Gasteiger partial charge in [-0.2, -0.15) is 0 Å². The molecule has 0 aliphatic carbocycles. The smallest absolute Gasteiger partial charge is 0.222 e. The minimum atomic E-state index is -0.454. The Hall–Kier alpha value is -2.57. The van der Waals surface area contributed by atoms with Gasteiger partial charge in [-0.25, -0.2) is 4.68 Å². The monoisotopic (exact) mass is 341 g/mol. The molecule has 1 saturated heterocycles. The molecule has 0 bridgehead atoms. The molecule has 0 saturated carbocycles. The second-order valence-electron chi connectivity index (χ2n) is 6.56. The van der Waals surface area contributed by atoms with Gasteiger partial charge in [0.1, 0.15) is 12.1 Å². The van der Waals surface area contributed by atoms with Crippen LogP contribution in [0.25, 0.3) is 0 Å². The molecule has 0 unspecified atom stereocenters. The summed E-state index contributed by atoms with van der Waals surface area (Å²) >= 11 is 0. The van der Waals surface area contributed by atoms with Crippen molar-refractivity contribution in [2.75, 3.05) is 13.1 Å². The largest absolute Gasteiger partial charge is 0.343 e. The topological polar surface area (TPSA) is 81.0 Å². The molecule has 132 valence electrons. The fraction of sp³-hybridized carbons (Fsp3) is 0.500. The molecule has 0 N–H and O–H groups in total. The van der Waals surface area contributed by atoms with Gasteiger partial charge in [-0.1, -0.05) is 30.3 Å². The van der Waals surface area contributed by atoms with Crippen molar-refractivity contribution < 1.29 is 9.59 Å². The highest BCUT2D eigenvalue weighted by Crippen LogP contribution is 2.36. The fourth-order valence-corrected chi connectivity index (χ4v) is 3.57. The fourth-order valence-electron chi connectivity index (χ4n) is 3.57. The van der Waals surface area contributed by atoms with E-state index in [9.17, 15) is 9.59 Å². The number of carbonyl (C=O) groups is 2. The zero-order valence-corrected chi connectivity index (χ0v) is 14.5. The number of amides is 1. The lowest BCUT2D eigenvalue weighted by Gasteiger charge is -2.40. The number of nitrogens with zero attached hydrogens (tertiary/aromatic N) is 5. The van der Waals surface area contributed by atoms with Crippen LogP contribution in [0.1, 0.15) is 38.2 Å². The van der Waals surface area contributed by atoms with E-state index < -0.39 is 5.41 Å². The number of hydrogen-bond donors (Lipinski definition) is 0. The first-order valence-electron chi connectivity index (χ1n) is 8.67. The van der Waals surface area contributed by atoms with E-state index in [0.717, 1.165) is 5.56 Å². The van der Waals surface area contributed by atoms with Gasteiger partial charge in [0.2, 0.25) is 5.91 Å². The maximum absolute atomic E-state index is 12.4. The molecule has 2 heterocycles. The maximum atomic E-state index is 12.4. The van der Waals surface area contributed by atoms with Gasteiger partial charge in [0.05, 0.1) is 5.41 Å². The van der Waals surface area contributed by atoms with Crippen molar-refractivity contribution in [1.82, 2.24) is 25.1 Å². The van der Waals surface area contributed by atoms with E-state index in [-0.39, 0.29) is 11.7 Å². The molecule has 7 nitrogen and oxygen atoms in total. The Morgan fingerprint density at radius 2 is 1.88 bits per heavy atom. The van der Waals surface area contributed by atoms with E-state index in [4.69, 9.17) is 0 Å². The zero-order chi connectivity index (χ0) is 17.7. The van der Waals surface area contributed by atoms with Crippen molar-refractivity contribution in [3.63, 3.8) is 0 Å². The summed E-state index contributed by atoms with van der Waals surface area (Å²) in [7, 11) is 0. The molecular formula is C18H23N5O2. The first-order valence-corrected chi connectivity index (χ1v) is 8.67. The number of ketones is 1. The van der Waals surface area contributed by atoms with Gasteiger partial charge in [0.25, 0.3) is 0 Å². The first-order chi connectivity index (χ1) is 12.1. The predicted molar refractivity (Wildman–Crippen MR) is 91.7 cm³/mol. The van der Waals surface area contributed by atoms with Crippen molar-refractivity contribution in [1.29, 1.82) is 0 Å².